The van der Waals surface area contributed by atoms with Crippen molar-refractivity contribution in [3.63, 3.8) is 0 Å². The first-order valence-electron chi connectivity index (χ1n) is 6.22. The minimum absolute atomic E-state index is 0.0291. The molecule has 3 nitrogen and oxygen atoms in total. The number of benzene rings is 1. The molecule has 0 aromatic heterocycles. The molecule has 0 heterocycles. The molecule has 0 aliphatic heterocycles. The van der Waals surface area contributed by atoms with Crippen molar-refractivity contribution < 1.29 is 4.79 Å². The maximum atomic E-state index is 10.9. The van der Waals surface area contributed by atoms with Crippen LogP contribution in [0.15, 0.2) is 24.3 Å². The van der Waals surface area contributed by atoms with Crippen LogP contribution in [0.5, 0.6) is 0 Å². The summed E-state index contributed by atoms with van der Waals surface area (Å²) < 4.78 is 0. The molecule has 0 bridgehead atoms. The molecule has 1 saturated carbocycles. The van der Waals surface area contributed by atoms with Crippen LogP contribution in [0.1, 0.15) is 25.8 Å². The van der Waals surface area contributed by atoms with E-state index in [-0.39, 0.29) is 5.91 Å². The molecule has 0 saturated heterocycles. The fourth-order valence-electron chi connectivity index (χ4n) is 1.99. The van der Waals surface area contributed by atoms with Crippen molar-refractivity contribution in [2.75, 3.05) is 11.9 Å². The molecule has 1 aliphatic rings. The molecule has 92 valence electrons. The number of anilines is 1. The molecule has 0 radical (unpaired) electrons. The lowest BCUT2D eigenvalue weighted by Crippen LogP contribution is -2.16. The molecule has 1 amide bonds. The van der Waals surface area contributed by atoms with Gasteiger partial charge in [0.05, 0.1) is 0 Å². The van der Waals surface area contributed by atoms with E-state index in [0.717, 1.165) is 30.6 Å². The van der Waals surface area contributed by atoms with Gasteiger partial charge in [-0.25, -0.2) is 0 Å². The molecule has 1 aromatic carbocycles. The van der Waals surface area contributed by atoms with E-state index in [9.17, 15) is 4.79 Å². The van der Waals surface area contributed by atoms with Gasteiger partial charge in [0.25, 0.3) is 0 Å². The molecular formula is C14H20N2O. The molecule has 1 fully saturated rings. The highest BCUT2D eigenvalue weighted by Gasteiger charge is 2.31. The topological polar surface area (TPSA) is 41.1 Å². The van der Waals surface area contributed by atoms with Crippen molar-refractivity contribution in [3.8, 4) is 0 Å². The first kappa shape index (κ1) is 12.1. The van der Waals surface area contributed by atoms with Gasteiger partial charge in [-0.3, -0.25) is 4.79 Å². The molecular weight excluding hydrogens is 212 g/mol. The minimum Gasteiger partial charge on any atom is -0.326 e. The number of amides is 1. The number of nitrogens with one attached hydrogen (secondary N) is 2. The summed E-state index contributed by atoms with van der Waals surface area (Å²) in [7, 11) is 0. The van der Waals surface area contributed by atoms with Gasteiger partial charge in [-0.2, -0.15) is 0 Å². The third kappa shape index (κ3) is 3.86. The lowest BCUT2D eigenvalue weighted by Gasteiger charge is -2.06. The summed E-state index contributed by atoms with van der Waals surface area (Å²) in [6, 6.07) is 7.99. The van der Waals surface area contributed by atoms with E-state index in [0.29, 0.717) is 0 Å². The molecule has 17 heavy (non-hydrogen) atoms. The van der Waals surface area contributed by atoms with Crippen LogP contribution in [-0.2, 0) is 11.3 Å². The van der Waals surface area contributed by atoms with Gasteiger partial charge in [-0.1, -0.05) is 19.1 Å². The van der Waals surface area contributed by atoms with Crippen LogP contribution < -0.4 is 10.6 Å². The Labute approximate surface area is 103 Å². The Morgan fingerprint density at radius 1 is 1.35 bits per heavy atom. The van der Waals surface area contributed by atoms with E-state index < -0.39 is 0 Å². The van der Waals surface area contributed by atoms with Crippen molar-refractivity contribution in [1.82, 2.24) is 5.32 Å². The number of hydrogen-bond acceptors (Lipinski definition) is 2. The molecule has 2 atom stereocenters. The highest BCUT2D eigenvalue weighted by molar-refractivity contribution is 5.88. The van der Waals surface area contributed by atoms with Gasteiger partial charge in [0.2, 0.25) is 5.91 Å². The zero-order valence-corrected chi connectivity index (χ0v) is 10.5. The fourth-order valence-corrected chi connectivity index (χ4v) is 1.99. The van der Waals surface area contributed by atoms with Crippen molar-refractivity contribution >= 4 is 11.6 Å². The lowest BCUT2D eigenvalue weighted by molar-refractivity contribution is -0.114. The molecule has 2 unspecified atom stereocenters. The molecule has 2 N–H and O–H groups in total. The van der Waals surface area contributed by atoms with E-state index in [2.05, 4.69) is 29.7 Å². The zero-order valence-electron chi connectivity index (χ0n) is 10.5. The van der Waals surface area contributed by atoms with Gasteiger partial charge in [0.15, 0.2) is 0 Å². The predicted molar refractivity (Wildman–Crippen MR) is 69.7 cm³/mol. The monoisotopic (exact) mass is 232 g/mol. The second kappa shape index (κ2) is 5.32. The quantitative estimate of drug-likeness (QED) is 0.818. The van der Waals surface area contributed by atoms with E-state index in [1.165, 1.54) is 18.9 Å². The number of rotatable bonds is 5. The summed E-state index contributed by atoms with van der Waals surface area (Å²) in [4.78, 5) is 10.9. The van der Waals surface area contributed by atoms with Crippen LogP contribution in [0.25, 0.3) is 0 Å². The van der Waals surface area contributed by atoms with Gasteiger partial charge in [-0.05, 0) is 42.5 Å². The average molecular weight is 232 g/mol. The fraction of sp³-hybridized carbons (Fsp3) is 0.500. The van der Waals surface area contributed by atoms with Gasteiger partial charge < -0.3 is 10.6 Å². The summed E-state index contributed by atoms with van der Waals surface area (Å²) >= 11 is 0. The van der Waals surface area contributed by atoms with Crippen molar-refractivity contribution in [2.45, 2.75) is 26.8 Å². The minimum atomic E-state index is -0.0291. The number of carbonyl (C=O) groups excluding carboxylic acids is 1. The van der Waals surface area contributed by atoms with Gasteiger partial charge in [0.1, 0.15) is 0 Å². The Hall–Kier alpha value is -1.35. The molecule has 2 rings (SSSR count). The summed E-state index contributed by atoms with van der Waals surface area (Å²) in [6.07, 6.45) is 1.37. The standard InChI is InChI=1S/C14H20N2O/c1-10-7-13(10)9-15-8-12-3-5-14(6-4-12)16-11(2)17/h3-6,10,13,15H,7-9H2,1-2H3,(H,16,17). The molecule has 3 heteroatoms. The highest BCUT2D eigenvalue weighted by atomic mass is 16.1. The lowest BCUT2D eigenvalue weighted by atomic mass is 10.2. The third-order valence-corrected chi connectivity index (χ3v) is 3.29. The summed E-state index contributed by atoms with van der Waals surface area (Å²) in [5, 5.41) is 6.23. The Morgan fingerprint density at radius 3 is 2.53 bits per heavy atom. The first-order valence-corrected chi connectivity index (χ1v) is 6.22. The Bertz CT molecular complexity index is 386. The molecule has 0 spiro atoms. The Kier molecular flexibility index (Phi) is 3.79. The Morgan fingerprint density at radius 2 is 2.00 bits per heavy atom. The van der Waals surface area contributed by atoms with Crippen LogP contribution in [0.4, 0.5) is 5.69 Å². The molecule has 1 aromatic rings. The second-order valence-electron chi connectivity index (χ2n) is 4.98. The smallest absolute Gasteiger partial charge is 0.221 e. The van der Waals surface area contributed by atoms with Crippen molar-refractivity contribution in [3.05, 3.63) is 29.8 Å². The average Bonchev–Trinajstić information content (AvgIpc) is 2.96. The zero-order chi connectivity index (χ0) is 12.3. The third-order valence-electron chi connectivity index (χ3n) is 3.29. The highest BCUT2D eigenvalue weighted by Crippen LogP contribution is 2.36. The second-order valence-corrected chi connectivity index (χ2v) is 4.98. The summed E-state index contributed by atoms with van der Waals surface area (Å²) in [5.41, 5.74) is 2.12. The van der Waals surface area contributed by atoms with Crippen LogP contribution in [-0.4, -0.2) is 12.5 Å². The van der Waals surface area contributed by atoms with E-state index >= 15 is 0 Å². The van der Waals surface area contributed by atoms with E-state index in [4.69, 9.17) is 0 Å². The normalized spacial score (nSPS) is 22.2. The van der Waals surface area contributed by atoms with E-state index in [1.807, 2.05) is 12.1 Å². The summed E-state index contributed by atoms with van der Waals surface area (Å²) in [6.45, 7) is 5.85. The van der Waals surface area contributed by atoms with Crippen LogP contribution in [0.3, 0.4) is 0 Å². The van der Waals surface area contributed by atoms with E-state index in [1.54, 1.807) is 0 Å². The van der Waals surface area contributed by atoms with Crippen LogP contribution in [0.2, 0.25) is 0 Å². The predicted octanol–water partition coefficient (Wildman–Crippen LogP) is 2.39. The van der Waals surface area contributed by atoms with Gasteiger partial charge >= 0.3 is 0 Å². The SMILES string of the molecule is CC(=O)Nc1ccc(CNCC2CC2C)cc1. The maximum absolute atomic E-state index is 10.9. The van der Waals surface area contributed by atoms with Crippen molar-refractivity contribution in [1.29, 1.82) is 0 Å². The van der Waals surface area contributed by atoms with Crippen LogP contribution in [0, 0.1) is 11.8 Å². The first-order chi connectivity index (χ1) is 8.15. The van der Waals surface area contributed by atoms with Crippen molar-refractivity contribution in [2.24, 2.45) is 11.8 Å². The Balaban J connectivity index is 1.75. The van der Waals surface area contributed by atoms with Crippen LogP contribution >= 0.6 is 0 Å². The number of carbonyl (C=O) groups is 1. The maximum Gasteiger partial charge on any atom is 0.221 e. The van der Waals surface area contributed by atoms with Gasteiger partial charge in [-0.15, -0.1) is 0 Å². The summed E-state index contributed by atoms with van der Waals surface area (Å²) in [5.74, 6) is 1.76. The largest absolute Gasteiger partial charge is 0.326 e. The van der Waals surface area contributed by atoms with Gasteiger partial charge in [0, 0.05) is 19.2 Å². The number of hydrogen-bond donors (Lipinski definition) is 2. The molecule has 1 aliphatic carbocycles.